The van der Waals surface area contributed by atoms with Gasteiger partial charge in [0.25, 0.3) is 0 Å². The van der Waals surface area contributed by atoms with Crippen LogP contribution in [0.15, 0.2) is 17.3 Å². The first-order valence-electron chi connectivity index (χ1n) is 3.28. The number of hydrogen-bond donors (Lipinski definition) is 3. The lowest BCUT2D eigenvalue weighted by molar-refractivity contribution is -0.133. The number of rotatable bonds is 3. The second-order valence-electron chi connectivity index (χ2n) is 2.11. The summed E-state index contributed by atoms with van der Waals surface area (Å²) in [6.45, 7) is 0. The van der Waals surface area contributed by atoms with E-state index in [1.54, 1.807) is 12.3 Å². The third-order valence-corrected chi connectivity index (χ3v) is 2.15. The van der Waals surface area contributed by atoms with Gasteiger partial charge in [0, 0.05) is 6.20 Å². The van der Waals surface area contributed by atoms with E-state index in [0.717, 1.165) is 0 Å². The van der Waals surface area contributed by atoms with Crippen molar-refractivity contribution in [2.24, 2.45) is 10.7 Å². The van der Waals surface area contributed by atoms with E-state index >= 15 is 0 Å². The van der Waals surface area contributed by atoms with Gasteiger partial charge in [0.2, 0.25) is 0 Å². The zero-order valence-corrected chi connectivity index (χ0v) is 7.04. The van der Waals surface area contributed by atoms with Crippen LogP contribution in [0.1, 0.15) is 0 Å². The Morgan fingerprint density at radius 2 is 2.67 bits per heavy atom. The summed E-state index contributed by atoms with van der Waals surface area (Å²) in [4.78, 5) is 14.1. The maximum atomic E-state index is 10.2. The van der Waals surface area contributed by atoms with Gasteiger partial charge in [0.05, 0.1) is 5.75 Å². The average molecular weight is 187 g/mol. The second-order valence-corrected chi connectivity index (χ2v) is 3.22. The fourth-order valence-electron chi connectivity index (χ4n) is 0.683. The number of carboxylic acid groups (broad SMARTS) is 1. The van der Waals surface area contributed by atoms with Crippen molar-refractivity contribution in [3.8, 4) is 0 Å². The van der Waals surface area contributed by atoms with Crippen molar-refractivity contribution in [1.82, 2.24) is 5.32 Å². The fourth-order valence-corrected chi connectivity index (χ4v) is 1.37. The van der Waals surface area contributed by atoms with Crippen LogP contribution in [0.2, 0.25) is 0 Å². The van der Waals surface area contributed by atoms with Crippen LogP contribution in [-0.4, -0.2) is 28.2 Å². The molecule has 0 bridgehead atoms. The van der Waals surface area contributed by atoms with E-state index in [0.29, 0.717) is 5.96 Å². The number of nitrogens with one attached hydrogen (secondary N) is 1. The van der Waals surface area contributed by atoms with Crippen LogP contribution in [0, 0.1) is 0 Å². The number of aliphatic imine (C=N–C) groups is 1. The van der Waals surface area contributed by atoms with E-state index < -0.39 is 5.97 Å². The molecule has 0 amide bonds. The first kappa shape index (κ1) is 8.92. The Morgan fingerprint density at radius 3 is 3.25 bits per heavy atom. The van der Waals surface area contributed by atoms with Crippen molar-refractivity contribution >= 4 is 23.7 Å². The van der Waals surface area contributed by atoms with E-state index in [1.165, 1.54) is 11.8 Å². The highest BCUT2D eigenvalue weighted by molar-refractivity contribution is 8.00. The van der Waals surface area contributed by atoms with Crippen LogP contribution in [0.4, 0.5) is 0 Å². The van der Waals surface area contributed by atoms with Gasteiger partial charge < -0.3 is 16.2 Å². The summed E-state index contributed by atoms with van der Waals surface area (Å²) in [5.41, 5.74) is 5.36. The van der Waals surface area contributed by atoms with Gasteiger partial charge in [-0.2, -0.15) is 0 Å². The minimum atomic E-state index is -0.847. The predicted molar refractivity (Wildman–Crippen MR) is 47.8 cm³/mol. The number of guanidine groups is 1. The van der Waals surface area contributed by atoms with Gasteiger partial charge >= 0.3 is 5.97 Å². The molecule has 5 nitrogen and oxygen atoms in total. The maximum absolute atomic E-state index is 10.2. The molecule has 0 radical (unpaired) electrons. The Balaban J connectivity index is 2.37. The average Bonchev–Trinajstić information content (AvgIpc) is 2.01. The van der Waals surface area contributed by atoms with Gasteiger partial charge in [-0.1, -0.05) is 0 Å². The fraction of sp³-hybridized carbons (Fsp3) is 0.333. The first-order valence-corrected chi connectivity index (χ1v) is 4.33. The first-order chi connectivity index (χ1) is 5.68. The third kappa shape index (κ3) is 2.83. The van der Waals surface area contributed by atoms with Crippen molar-refractivity contribution in [3.05, 3.63) is 12.3 Å². The van der Waals surface area contributed by atoms with Crippen LogP contribution < -0.4 is 11.1 Å². The molecule has 0 saturated heterocycles. The molecule has 1 heterocycles. The summed E-state index contributed by atoms with van der Waals surface area (Å²) in [7, 11) is 0. The highest BCUT2D eigenvalue weighted by atomic mass is 32.2. The Bertz CT molecular complexity index is 239. The van der Waals surface area contributed by atoms with E-state index in [1.807, 2.05) is 0 Å². The van der Waals surface area contributed by atoms with Crippen LogP contribution in [-0.2, 0) is 4.79 Å². The number of nitrogens with zero attached hydrogens (tertiary/aromatic N) is 1. The molecular weight excluding hydrogens is 178 g/mol. The molecular formula is C6H9N3O2S. The smallest absolute Gasteiger partial charge is 0.313 e. The minimum absolute atomic E-state index is 0.0335. The number of nitrogens with two attached hydrogens (primary N) is 1. The molecule has 0 aromatic rings. The number of aliphatic carboxylic acids is 1. The normalized spacial score (nSPS) is 21.3. The molecule has 0 aromatic heterocycles. The minimum Gasteiger partial charge on any atom is -0.481 e. The van der Waals surface area contributed by atoms with Gasteiger partial charge in [-0.05, 0) is 6.08 Å². The van der Waals surface area contributed by atoms with E-state index in [9.17, 15) is 4.79 Å². The molecule has 1 rings (SSSR count). The zero-order chi connectivity index (χ0) is 8.97. The molecule has 0 aromatic carbocycles. The summed E-state index contributed by atoms with van der Waals surface area (Å²) < 4.78 is 0. The van der Waals surface area contributed by atoms with Crippen LogP contribution in [0.3, 0.4) is 0 Å². The van der Waals surface area contributed by atoms with Gasteiger partial charge in [-0.25, -0.2) is 4.99 Å². The lowest BCUT2D eigenvalue weighted by atomic mass is 10.5. The Hall–Kier alpha value is -1.17. The monoisotopic (exact) mass is 187 g/mol. The van der Waals surface area contributed by atoms with E-state index in [-0.39, 0.29) is 11.1 Å². The quantitative estimate of drug-likeness (QED) is 0.557. The molecule has 0 saturated carbocycles. The standard InChI is InChI=1S/C6H9N3O2S/c7-6-8-2-1-4(9-6)12-3-5(10)11/h1-2,4H,3H2,(H,10,11)(H3,7,8,9). The number of carbonyl (C=O) groups is 1. The van der Waals surface area contributed by atoms with Gasteiger partial charge in [-0.15, -0.1) is 11.8 Å². The molecule has 1 unspecified atom stereocenters. The zero-order valence-electron chi connectivity index (χ0n) is 6.23. The van der Waals surface area contributed by atoms with Gasteiger partial charge in [-0.3, -0.25) is 4.79 Å². The van der Waals surface area contributed by atoms with Crippen molar-refractivity contribution in [3.63, 3.8) is 0 Å². The summed E-state index contributed by atoms with van der Waals surface area (Å²) in [6, 6.07) is 0. The van der Waals surface area contributed by atoms with Gasteiger partial charge in [0.1, 0.15) is 5.37 Å². The van der Waals surface area contributed by atoms with Crippen molar-refractivity contribution in [1.29, 1.82) is 0 Å². The summed E-state index contributed by atoms with van der Waals surface area (Å²) in [5, 5.41) is 10.9. The largest absolute Gasteiger partial charge is 0.481 e. The third-order valence-electron chi connectivity index (χ3n) is 1.14. The molecule has 1 aliphatic heterocycles. The predicted octanol–water partition coefficient (Wildman–Crippen LogP) is -0.438. The van der Waals surface area contributed by atoms with Crippen LogP contribution >= 0.6 is 11.8 Å². The molecule has 6 heteroatoms. The molecule has 4 N–H and O–H groups in total. The second kappa shape index (κ2) is 4.01. The highest BCUT2D eigenvalue weighted by Crippen LogP contribution is 2.14. The van der Waals surface area contributed by atoms with Crippen LogP contribution in [0.25, 0.3) is 0 Å². The van der Waals surface area contributed by atoms with Crippen LogP contribution in [0.5, 0.6) is 0 Å². The summed E-state index contributed by atoms with van der Waals surface area (Å²) in [6.07, 6.45) is 3.41. The van der Waals surface area contributed by atoms with Gasteiger partial charge in [0.15, 0.2) is 5.96 Å². The lowest BCUT2D eigenvalue weighted by Gasteiger charge is -2.12. The summed E-state index contributed by atoms with van der Waals surface area (Å²) >= 11 is 1.22. The molecule has 66 valence electrons. The SMILES string of the molecule is NC1=NC(SCC(=O)O)C=CN1. The molecule has 0 fully saturated rings. The Kier molecular flexibility index (Phi) is 2.98. The maximum Gasteiger partial charge on any atom is 0.313 e. The summed E-state index contributed by atoms with van der Waals surface area (Å²) in [5.74, 6) is -0.493. The molecule has 12 heavy (non-hydrogen) atoms. The number of hydrogen-bond acceptors (Lipinski definition) is 5. The molecule has 1 aliphatic rings. The highest BCUT2D eigenvalue weighted by Gasteiger charge is 2.09. The lowest BCUT2D eigenvalue weighted by Crippen LogP contribution is -2.31. The van der Waals surface area contributed by atoms with Crippen molar-refractivity contribution < 1.29 is 9.90 Å². The van der Waals surface area contributed by atoms with Crippen molar-refractivity contribution in [2.75, 3.05) is 5.75 Å². The Labute approximate surface area is 73.7 Å². The Morgan fingerprint density at radius 1 is 1.92 bits per heavy atom. The molecule has 0 spiro atoms. The molecule has 0 aliphatic carbocycles. The number of thioether (sulfide) groups is 1. The van der Waals surface area contributed by atoms with E-state index in [4.69, 9.17) is 10.8 Å². The van der Waals surface area contributed by atoms with E-state index in [2.05, 4.69) is 10.3 Å². The number of carboxylic acids is 1. The topological polar surface area (TPSA) is 87.7 Å². The van der Waals surface area contributed by atoms with Crippen molar-refractivity contribution in [2.45, 2.75) is 5.37 Å². The molecule has 1 atom stereocenters.